The van der Waals surface area contributed by atoms with Gasteiger partial charge in [-0.2, -0.15) is 0 Å². The predicted molar refractivity (Wildman–Crippen MR) is 128 cm³/mol. The van der Waals surface area contributed by atoms with E-state index in [2.05, 4.69) is 0 Å². The van der Waals surface area contributed by atoms with E-state index >= 15 is 0 Å². The molecular formula is C27H24N2O6. The van der Waals surface area contributed by atoms with Gasteiger partial charge in [0.2, 0.25) is 5.75 Å². The fraction of sp³-hybridized carbons (Fsp3) is 0.222. The van der Waals surface area contributed by atoms with E-state index in [1.54, 1.807) is 41.3 Å². The number of fused-ring (bicyclic) bond motifs is 1. The van der Waals surface area contributed by atoms with E-state index in [9.17, 15) is 14.4 Å². The van der Waals surface area contributed by atoms with Crippen molar-refractivity contribution in [2.24, 2.45) is 0 Å². The molecule has 0 aliphatic carbocycles. The van der Waals surface area contributed by atoms with Gasteiger partial charge in [-0.05, 0) is 48.9 Å². The fourth-order valence-corrected chi connectivity index (χ4v) is 4.78. The lowest BCUT2D eigenvalue weighted by Gasteiger charge is -2.49. The minimum Gasteiger partial charge on any atom is -0.493 e. The molecule has 0 N–H and O–H groups in total. The second-order valence-corrected chi connectivity index (χ2v) is 8.42. The summed E-state index contributed by atoms with van der Waals surface area (Å²) in [6.45, 7) is 1.96. The Morgan fingerprint density at radius 3 is 1.71 bits per heavy atom. The van der Waals surface area contributed by atoms with E-state index in [1.165, 1.54) is 21.3 Å². The Kier molecular flexibility index (Phi) is 5.43. The van der Waals surface area contributed by atoms with E-state index in [0.717, 1.165) is 10.5 Å². The highest BCUT2D eigenvalue weighted by molar-refractivity contribution is 6.24. The molecule has 0 spiro atoms. The number of hydrogen-bond acceptors (Lipinski definition) is 6. The molecule has 0 saturated carbocycles. The maximum atomic E-state index is 13.6. The Labute approximate surface area is 202 Å². The summed E-state index contributed by atoms with van der Waals surface area (Å²) >= 11 is 0. The molecule has 0 bridgehead atoms. The lowest BCUT2D eigenvalue weighted by atomic mass is 9.86. The Morgan fingerprint density at radius 1 is 0.686 bits per heavy atom. The molecule has 1 saturated heterocycles. The number of amides is 3. The number of β-lactam (4-membered cyclic amide) rings is 1. The molecule has 0 radical (unpaired) electrons. The first-order valence-electron chi connectivity index (χ1n) is 11.1. The van der Waals surface area contributed by atoms with Crippen molar-refractivity contribution in [2.45, 2.75) is 19.0 Å². The molecule has 3 amide bonds. The molecule has 0 aromatic heterocycles. The first kappa shape index (κ1) is 22.5. The third-order valence-corrected chi connectivity index (χ3v) is 6.51. The number of rotatable bonds is 6. The standard InChI is InChI=1S/C27H24N2O6/c1-15-9-11-17(12-10-15)28-22(16-13-20(33-2)24(35-4)21(14-16)34-3)23(27(28)32)29-25(30)18-7-5-6-8-19(18)26(29)31/h5-14,22-23H,1-4H3. The van der Waals surface area contributed by atoms with Crippen molar-refractivity contribution in [3.05, 3.63) is 82.9 Å². The molecule has 5 rings (SSSR count). The van der Waals surface area contributed by atoms with Crippen LogP contribution in [0.2, 0.25) is 0 Å². The molecule has 2 unspecified atom stereocenters. The second-order valence-electron chi connectivity index (χ2n) is 8.42. The Bertz CT molecular complexity index is 1290. The van der Waals surface area contributed by atoms with Crippen LogP contribution in [0.5, 0.6) is 17.2 Å². The lowest BCUT2D eigenvalue weighted by Crippen LogP contribution is -2.67. The van der Waals surface area contributed by atoms with Crippen LogP contribution in [0.15, 0.2) is 60.7 Å². The molecule has 2 atom stereocenters. The van der Waals surface area contributed by atoms with Crippen molar-refractivity contribution in [3.63, 3.8) is 0 Å². The van der Waals surface area contributed by atoms with Gasteiger partial charge in [-0.15, -0.1) is 0 Å². The molecule has 1 fully saturated rings. The SMILES string of the molecule is COc1cc(C2C(N3C(=O)c4ccccc4C3=O)C(=O)N2c2ccc(C)cc2)cc(OC)c1OC. The number of benzene rings is 3. The van der Waals surface area contributed by atoms with Gasteiger partial charge < -0.3 is 19.1 Å². The van der Waals surface area contributed by atoms with Crippen molar-refractivity contribution in [3.8, 4) is 17.2 Å². The highest BCUT2D eigenvalue weighted by Gasteiger charge is 2.57. The quantitative estimate of drug-likeness (QED) is 0.401. The summed E-state index contributed by atoms with van der Waals surface area (Å²) < 4.78 is 16.5. The van der Waals surface area contributed by atoms with Gasteiger partial charge in [0.1, 0.15) is 6.04 Å². The Hall–Kier alpha value is -4.33. The van der Waals surface area contributed by atoms with Gasteiger partial charge in [-0.1, -0.05) is 29.8 Å². The van der Waals surface area contributed by atoms with Crippen LogP contribution in [0.1, 0.15) is 37.9 Å². The number of carbonyl (C=O) groups is 3. The molecule has 178 valence electrons. The van der Waals surface area contributed by atoms with E-state index in [4.69, 9.17) is 14.2 Å². The van der Waals surface area contributed by atoms with E-state index in [-0.39, 0.29) is 5.91 Å². The van der Waals surface area contributed by atoms with Crippen LogP contribution in [0, 0.1) is 6.92 Å². The zero-order valence-electron chi connectivity index (χ0n) is 19.8. The van der Waals surface area contributed by atoms with Crippen molar-refractivity contribution < 1.29 is 28.6 Å². The lowest BCUT2D eigenvalue weighted by molar-refractivity contribution is -0.130. The number of carbonyl (C=O) groups excluding carboxylic acids is 3. The van der Waals surface area contributed by atoms with Gasteiger partial charge in [0, 0.05) is 5.69 Å². The number of ether oxygens (including phenoxy) is 3. The van der Waals surface area contributed by atoms with Crippen molar-refractivity contribution in [1.29, 1.82) is 0 Å². The summed E-state index contributed by atoms with van der Waals surface area (Å²) in [7, 11) is 4.52. The predicted octanol–water partition coefficient (Wildman–Crippen LogP) is 3.77. The summed E-state index contributed by atoms with van der Waals surface area (Å²) in [5.74, 6) is -0.0853. The third-order valence-electron chi connectivity index (χ3n) is 6.51. The van der Waals surface area contributed by atoms with Crippen LogP contribution in [0.4, 0.5) is 5.69 Å². The van der Waals surface area contributed by atoms with Gasteiger partial charge in [0.25, 0.3) is 17.7 Å². The zero-order valence-corrected chi connectivity index (χ0v) is 19.8. The Balaban J connectivity index is 1.65. The highest BCUT2D eigenvalue weighted by Crippen LogP contribution is 2.48. The van der Waals surface area contributed by atoms with Crippen LogP contribution in [-0.2, 0) is 4.79 Å². The molecule has 8 nitrogen and oxygen atoms in total. The summed E-state index contributed by atoms with van der Waals surface area (Å²) in [6.07, 6.45) is 0. The molecule has 35 heavy (non-hydrogen) atoms. The minimum atomic E-state index is -1.02. The first-order chi connectivity index (χ1) is 16.9. The fourth-order valence-electron chi connectivity index (χ4n) is 4.78. The zero-order chi connectivity index (χ0) is 24.9. The second kappa shape index (κ2) is 8.47. The summed E-state index contributed by atoms with van der Waals surface area (Å²) in [6, 6.07) is 15.9. The maximum Gasteiger partial charge on any atom is 0.262 e. The van der Waals surface area contributed by atoms with Crippen LogP contribution >= 0.6 is 0 Å². The molecule has 3 aromatic rings. The maximum absolute atomic E-state index is 13.6. The van der Waals surface area contributed by atoms with Crippen LogP contribution in [-0.4, -0.2) is 50.0 Å². The molecule has 8 heteroatoms. The van der Waals surface area contributed by atoms with Crippen LogP contribution < -0.4 is 19.1 Å². The Morgan fingerprint density at radius 2 is 1.23 bits per heavy atom. The third kappa shape index (κ3) is 3.32. The average molecular weight is 472 g/mol. The van der Waals surface area contributed by atoms with E-state index < -0.39 is 23.9 Å². The van der Waals surface area contributed by atoms with Gasteiger partial charge in [-0.3, -0.25) is 19.3 Å². The minimum absolute atomic E-state index is 0.294. The molecule has 2 aliphatic heterocycles. The van der Waals surface area contributed by atoms with Crippen molar-refractivity contribution in [2.75, 3.05) is 26.2 Å². The summed E-state index contributed by atoms with van der Waals surface area (Å²) in [5.41, 5.74) is 2.93. The topological polar surface area (TPSA) is 85.4 Å². The monoisotopic (exact) mass is 472 g/mol. The molecular weight excluding hydrogens is 448 g/mol. The molecule has 2 aliphatic rings. The molecule has 3 aromatic carbocycles. The van der Waals surface area contributed by atoms with Crippen LogP contribution in [0.25, 0.3) is 0 Å². The molecule has 2 heterocycles. The largest absolute Gasteiger partial charge is 0.493 e. The normalized spacial score (nSPS) is 18.9. The number of nitrogens with zero attached hydrogens (tertiary/aromatic N) is 2. The van der Waals surface area contributed by atoms with E-state index in [0.29, 0.717) is 39.6 Å². The van der Waals surface area contributed by atoms with E-state index in [1.807, 2.05) is 31.2 Å². The first-order valence-corrected chi connectivity index (χ1v) is 11.1. The van der Waals surface area contributed by atoms with Gasteiger partial charge in [0.15, 0.2) is 11.5 Å². The smallest absolute Gasteiger partial charge is 0.262 e. The van der Waals surface area contributed by atoms with Crippen LogP contribution in [0.3, 0.4) is 0 Å². The highest BCUT2D eigenvalue weighted by atomic mass is 16.5. The summed E-state index contributed by atoms with van der Waals surface area (Å²) in [5, 5.41) is 0. The summed E-state index contributed by atoms with van der Waals surface area (Å²) in [4.78, 5) is 42.8. The van der Waals surface area contributed by atoms with Gasteiger partial charge in [0.05, 0.1) is 38.5 Å². The van der Waals surface area contributed by atoms with Gasteiger partial charge >= 0.3 is 0 Å². The number of hydrogen-bond donors (Lipinski definition) is 0. The van der Waals surface area contributed by atoms with Gasteiger partial charge in [-0.25, -0.2) is 0 Å². The number of aryl methyl sites for hydroxylation is 1. The average Bonchev–Trinajstić information content (AvgIpc) is 3.12. The van der Waals surface area contributed by atoms with Crippen molar-refractivity contribution >= 4 is 23.4 Å². The number of imide groups is 1. The number of anilines is 1. The number of methoxy groups -OCH3 is 3. The van der Waals surface area contributed by atoms with Crippen molar-refractivity contribution in [1.82, 2.24) is 4.90 Å².